The number of piperidine rings is 1. The van der Waals surface area contributed by atoms with Crippen LogP contribution in [0.4, 0.5) is 8.78 Å². The van der Waals surface area contributed by atoms with Crippen molar-refractivity contribution in [2.24, 2.45) is 0 Å². The van der Waals surface area contributed by atoms with Crippen LogP contribution in [0.5, 0.6) is 0 Å². The van der Waals surface area contributed by atoms with E-state index in [2.05, 4.69) is 10.1 Å². The third kappa shape index (κ3) is 3.11. The Bertz CT molecular complexity index is 720. The van der Waals surface area contributed by atoms with Crippen LogP contribution in [0.15, 0.2) is 33.7 Å². The number of nitrogens with one attached hydrogen (secondary N) is 1. The van der Waals surface area contributed by atoms with Crippen molar-refractivity contribution in [3.05, 3.63) is 40.4 Å². The van der Waals surface area contributed by atoms with Gasteiger partial charge in [0, 0.05) is 18.3 Å². The lowest BCUT2D eigenvalue weighted by atomic mass is 10.1. The van der Waals surface area contributed by atoms with Crippen LogP contribution in [0.1, 0.15) is 19.3 Å². The van der Waals surface area contributed by atoms with Crippen molar-refractivity contribution in [2.45, 2.75) is 24.2 Å². The van der Waals surface area contributed by atoms with E-state index in [1.165, 1.54) is 0 Å². The second-order valence-corrected chi connectivity index (χ2v) is 6.62. The molecule has 0 atom stereocenters. The van der Waals surface area contributed by atoms with Crippen LogP contribution in [-0.4, -0.2) is 28.0 Å². The molecule has 0 radical (unpaired) electrons. The van der Waals surface area contributed by atoms with Crippen molar-refractivity contribution < 1.29 is 26.7 Å². The SMILES string of the molecule is COC(=O)C(=C1CCCCN1)S(=O)(=O)c1ccc(F)cc1F. The Morgan fingerprint density at radius 3 is 2.55 bits per heavy atom. The molecule has 2 rings (SSSR count). The number of benzene rings is 1. The first kappa shape index (κ1) is 16.4. The summed E-state index contributed by atoms with van der Waals surface area (Å²) in [5, 5.41) is 2.84. The first-order valence-corrected chi connectivity index (χ1v) is 8.11. The number of methoxy groups -OCH3 is 1. The van der Waals surface area contributed by atoms with Gasteiger partial charge in [-0.1, -0.05) is 0 Å². The molecule has 1 N–H and O–H groups in total. The van der Waals surface area contributed by atoms with Crippen LogP contribution in [0.3, 0.4) is 0 Å². The molecule has 0 spiro atoms. The summed E-state index contributed by atoms with van der Waals surface area (Å²) in [4.78, 5) is 10.5. The van der Waals surface area contributed by atoms with Crippen molar-refractivity contribution >= 4 is 15.8 Å². The minimum Gasteiger partial charge on any atom is -0.465 e. The number of hydrogen-bond acceptors (Lipinski definition) is 5. The molecule has 0 aliphatic carbocycles. The predicted octanol–water partition coefficient (Wildman–Crippen LogP) is 1.90. The zero-order valence-electron chi connectivity index (χ0n) is 11.9. The maximum Gasteiger partial charge on any atom is 0.351 e. The molecule has 1 aliphatic rings. The zero-order chi connectivity index (χ0) is 16.3. The fraction of sp³-hybridized carbons (Fsp3) is 0.357. The largest absolute Gasteiger partial charge is 0.465 e. The summed E-state index contributed by atoms with van der Waals surface area (Å²) in [7, 11) is -3.41. The highest BCUT2D eigenvalue weighted by Gasteiger charge is 2.34. The second-order valence-electron chi connectivity index (χ2n) is 4.76. The predicted molar refractivity (Wildman–Crippen MR) is 74.4 cm³/mol. The third-order valence-corrected chi connectivity index (χ3v) is 5.15. The maximum atomic E-state index is 13.8. The van der Waals surface area contributed by atoms with Crippen molar-refractivity contribution in [3.8, 4) is 0 Å². The van der Waals surface area contributed by atoms with Gasteiger partial charge in [-0.05, 0) is 31.4 Å². The van der Waals surface area contributed by atoms with Crippen molar-refractivity contribution in [3.63, 3.8) is 0 Å². The standard InChI is InChI=1S/C14H15F2NO4S/c1-21-14(18)13(11-4-2-3-7-17-11)22(19,20)12-6-5-9(15)8-10(12)16/h5-6,8,17H,2-4,7H2,1H3. The molecule has 0 unspecified atom stereocenters. The molecule has 1 aromatic rings. The summed E-state index contributed by atoms with van der Waals surface area (Å²) in [6.07, 6.45) is 1.87. The summed E-state index contributed by atoms with van der Waals surface area (Å²) >= 11 is 0. The van der Waals surface area contributed by atoms with E-state index < -0.39 is 37.2 Å². The molecule has 1 fully saturated rings. The van der Waals surface area contributed by atoms with Crippen LogP contribution in [0.2, 0.25) is 0 Å². The fourth-order valence-corrected chi connectivity index (χ4v) is 3.82. The lowest BCUT2D eigenvalue weighted by Gasteiger charge is -2.20. The van der Waals surface area contributed by atoms with Gasteiger partial charge in [0.2, 0.25) is 9.84 Å². The first-order valence-electron chi connectivity index (χ1n) is 6.63. The van der Waals surface area contributed by atoms with Gasteiger partial charge in [-0.15, -0.1) is 0 Å². The number of esters is 1. The molecular weight excluding hydrogens is 316 g/mol. The van der Waals surface area contributed by atoms with Gasteiger partial charge in [0.05, 0.1) is 7.11 Å². The number of allylic oxidation sites excluding steroid dienone is 1. The molecule has 0 amide bonds. The topological polar surface area (TPSA) is 72.5 Å². The highest BCUT2D eigenvalue weighted by atomic mass is 32.2. The molecule has 1 aromatic carbocycles. The van der Waals surface area contributed by atoms with E-state index >= 15 is 0 Å². The van der Waals surface area contributed by atoms with E-state index in [4.69, 9.17) is 0 Å². The van der Waals surface area contributed by atoms with Gasteiger partial charge in [-0.25, -0.2) is 22.0 Å². The maximum absolute atomic E-state index is 13.8. The van der Waals surface area contributed by atoms with Crippen LogP contribution >= 0.6 is 0 Å². The van der Waals surface area contributed by atoms with Gasteiger partial charge in [0.15, 0.2) is 4.91 Å². The molecule has 8 heteroatoms. The Hall–Kier alpha value is -1.96. The molecule has 120 valence electrons. The van der Waals surface area contributed by atoms with Crippen LogP contribution < -0.4 is 5.32 Å². The monoisotopic (exact) mass is 331 g/mol. The molecule has 5 nitrogen and oxygen atoms in total. The van der Waals surface area contributed by atoms with Gasteiger partial charge in [0.1, 0.15) is 16.5 Å². The number of sulfone groups is 1. The minimum absolute atomic E-state index is 0.196. The third-order valence-electron chi connectivity index (χ3n) is 3.29. The second kappa shape index (κ2) is 6.43. The normalized spacial score (nSPS) is 17.6. The molecule has 22 heavy (non-hydrogen) atoms. The summed E-state index contributed by atoms with van der Waals surface area (Å²) in [6.45, 7) is 0.511. The van der Waals surface area contributed by atoms with E-state index in [1.54, 1.807) is 0 Å². The van der Waals surface area contributed by atoms with Crippen molar-refractivity contribution in [2.75, 3.05) is 13.7 Å². The fourth-order valence-electron chi connectivity index (χ4n) is 2.24. The Morgan fingerprint density at radius 2 is 2.00 bits per heavy atom. The Kier molecular flexibility index (Phi) is 4.80. The number of carbonyl (C=O) groups excluding carboxylic acids is 1. The summed E-state index contributed by atoms with van der Waals surface area (Å²) < 4.78 is 56.5. The Balaban J connectivity index is 2.62. The van der Waals surface area contributed by atoms with Crippen LogP contribution in [0.25, 0.3) is 0 Å². The number of carbonyl (C=O) groups is 1. The molecule has 0 aromatic heterocycles. The van der Waals surface area contributed by atoms with Gasteiger partial charge < -0.3 is 10.1 Å². The minimum atomic E-state index is -4.46. The van der Waals surface area contributed by atoms with Crippen molar-refractivity contribution in [1.29, 1.82) is 0 Å². The molecule has 0 bridgehead atoms. The molecule has 0 saturated carbocycles. The molecular formula is C14H15F2NO4S. The lowest BCUT2D eigenvalue weighted by molar-refractivity contribution is -0.135. The average molecular weight is 331 g/mol. The number of hydrogen-bond donors (Lipinski definition) is 1. The smallest absolute Gasteiger partial charge is 0.351 e. The summed E-state index contributed by atoms with van der Waals surface area (Å²) in [6, 6.07) is 2.08. The highest BCUT2D eigenvalue weighted by Crippen LogP contribution is 2.28. The summed E-state index contributed by atoms with van der Waals surface area (Å²) in [5.74, 6) is -3.23. The number of rotatable bonds is 3. The number of halogens is 2. The van der Waals surface area contributed by atoms with Gasteiger partial charge in [-0.2, -0.15) is 0 Å². The van der Waals surface area contributed by atoms with E-state index in [1.807, 2.05) is 0 Å². The van der Waals surface area contributed by atoms with E-state index in [0.29, 0.717) is 25.5 Å². The van der Waals surface area contributed by atoms with E-state index in [-0.39, 0.29) is 5.70 Å². The van der Waals surface area contributed by atoms with E-state index in [9.17, 15) is 22.0 Å². The summed E-state index contributed by atoms with van der Waals surface area (Å²) in [5.41, 5.74) is 0.196. The molecule has 1 heterocycles. The zero-order valence-corrected chi connectivity index (χ0v) is 12.7. The average Bonchev–Trinajstić information content (AvgIpc) is 2.47. The number of ether oxygens (including phenoxy) is 1. The Morgan fingerprint density at radius 1 is 1.27 bits per heavy atom. The van der Waals surface area contributed by atoms with Crippen LogP contribution in [-0.2, 0) is 19.4 Å². The Labute approximate surface area is 126 Å². The van der Waals surface area contributed by atoms with Crippen molar-refractivity contribution in [1.82, 2.24) is 5.32 Å². The van der Waals surface area contributed by atoms with Crippen LogP contribution in [0, 0.1) is 11.6 Å². The van der Waals surface area contributed by atoms with Gasteiger partial charge in [0.25, 0.3) is 0 Å². The lowest BCUT2D eigenvalue weighted by Crippen LogP contribution is -2.28. The molecule has 1 aliphatic heterocycles. The van der Waals surface area contributed by atoms with Gasteiger partial charge >= 0.3 is 5.97 Å². The van der Waals surface area contributed by atoms with E-state index in [0.717, 1.165) is 25.7 Å². The highest BCUT2D eigenvalue weighted by molar-refractivity contribution is 7.96. The quantitative estimate of drug-likeness (QED) is 0.520. The first-order chi connectivity index (χ1) is 10.4. The van der Waals surface area contributed by atoms with Gasteiger partial charge in [-0.3, -0.25) is 0 Å². The molecule has 1 saturated heterocycles.